The zero-order chi connectivity index (χ0) is 26.6. The van der Waals surface area contributed by atoms with Crippen molar-refractivity contribution in [3.8, 4) is 22.4 Å². The summed E-state index contributed by atoms with van der Waals surface area (Å²) < 4.78 is 28.7. The number of halogens is 2. The van der Waals surface area contributed by atoms with Crippen molar-refractivity contribution in [1.29, 1.82) is 0 Å². The Balaban J connectivity index is 1.40. The molecule has 0 aliphatic carbocycles. The van der Waals surface area contributed by atoms with Gasteiger partial charge in [0, 0.05) is 49.1 Å². The van der Waals surface area contributed by atoms with Gasteiger partial charge >= 0.3 is 0 Å². The van der Waals surface area contributed by atoms with Crippen LogP contribution in [-0.4, -0.2) is 68.7 Å². The summed E-state index contributed by atoms with van der Waals surface area (Å²) in [5.41, 5.74) is 3.42. The van der Waals surface area contributed by atoms with E-state index in [-0.39, 0.29) is 23.6 Å². The number of aromatic amines is 1. The minimum atomic E-state index is -0.323. The lowest BCUT2D eigenvalue weighted by Gasteiger charge is -2.35. The number of likely N-dealkylation sites (tertiary alicyclic amines) is 1. The lowest BCUT2D eigenvalue weighted by Crippen LogP contribution is -2.45. The Morgan fingerprint density at radius 1 is 1.03 bits per heavy atom. The molecule has 2 aromatic carbocycles. The number of aromatic nitrogens is 4. The number of nitrogens with one attached hydrogen (secondary N) is 1. The molecule has 9 heteroatoms. The van der Waals surface area contributed by atoms with Crippen LogP contribution in [0.4, 0.5) is 8.78 Å². The van der Waals surface area contributed by atoms with Gasteiger partial charge in [0.05, 0.1) is 12.2 Å². The summed E-state index contributed by atoms with van der Waals surface area (Å²) in [7, 11) is 3.98. The Labute approximate surface area is 221 Å². The van der Waals surface area contributed by atoms with E-state index in [0.717, 1.165) is 48.5 Å². The summed E-state index contributed by atoms with van der Waals surface area (Å²) in [5.74, 6) is 0.0495. The molecule has 4 aromatic rings. The predicted octanol–water partition coefficient (Wildman–Crippen LogP) is 5.02. The van der Waals surface area contributed by atoms with E-state index in [1.54, 1.807) is 28.9 Å². The van der Waals surface area contributed by atoms with Gasteiger partial charge in [0.25, 0.3) is 5.91 Å². The molecule has 1 fully saturated rings. The van der Waals surface area contributed by atoms with Crippen molar-refractivity contribution in [3.05, 3.63) is 84.1 Å². The Hall–Kier alpha value is -3.85. The van der Waals surface area contributed by atoms with Crippen molar-refractivity contribution in [1.82, 2.24) is 29.5 Å². The van der Waals surface area contributed by atoms with Gasteiger partial charge in [-0.2, -0.15) is 5.10 Å². The molecule has 0 bridgehead atoms. The topological polar surface area (TPSA) is 70.1 Å². The van der Waals surface area contributed by atoms with Gasteiger partial charge in [-0.1, -0.05) is 12.1 Å². The molecule has 1 atom stereocenters. The molecular formula is C29H32F2N6O. The van der Waals surface area contributed by atoms with Gasteiger partial charge in [0.1, 0.15) is 17.5 Å². The number of hydrogen-bond acceptors (Lipinski definition) is 4. The van der Waals surface area contributed by atoms with Gasteiger partial charge in [-0.05, 0) is 75.3 Å². The number of H-pyrrole nitrogens is 1. The molecule has 1 N–H and O–H groups in total. The highest BCUT2D eigenvalue weighted by atomic mass is 19.1. The maximum atomic E-state index is 14.0. The predicted molar refractivity (Wildman–Crippen MR) is 143 cm³/mol. The number of carbonyl (C=O) groups excluding carboxylic acids is 1. The average Bonchev–Trinajstić information content (AvgIpc) is 3.56. The molecule has 198 valence electrons. The van der Waals surface area contributed by atoms with Gasteiger partial charge in [0.2, 0.25) is 0 Å². The highest BCUT2D eigenvalue weighted by Gasteiger charge is 2.31. The summed E-state index contributed by atoms with van der Waals surface area (Å²) in [6, 6.07) is 12.4. The molecule has 1 aliphatic rings. The monoisotopic (exact) mass is 518 g/mol. The van der Waals surface area contributed by atoms with Crippen LogP contribution in [0.3, 0.4) is 0 Å². The standard InChI is InChI=1S/C29H32F2N6O/c1-35(2)15-16-36-19-25(20-6-10-22(30)11-7-20)28(34-36)29(38)37-14-4-3-5-24(37)17-27-32-18-26(33-27)21-8-12-23(31)13-9-21/h6-13,18-19,24H,3-5,14-17H2,1-2H3,(H,32,33). The summed E-state index contributed by atoms with van der Waals surface area (Å²) in [5, 5.41) is 4.70. The molecular weight excluding hydrogens is 486 g/mol. The van der Waals surface area contributed by atoms with Crippen molar-refractivity contribution < 1.29 is 13.6 Å². The fourth-order valence-electron chi connectivity index (χ4n) is 4.91. The molecule has 1 unspecified atom stereocenters. The van der Waals surface area contributed by atoms with Crippen LogP contribution in [0.2, 0.25) is 0 Å². The molecule has 3 heterocycles. The Morgan fingerprint density at radius 3 is 2.39 bits per heavy atom. The SMILES string of the molecule is CN(C)CCn1cc(-c2ccc(F)cc2)c(C(=O)N2CCCCC2Cc2nc(-c3ccc(F)cc3)c[nH]2)n1. The Kier molecular flexibility index (Phi) is 7.64. The first-order valence-corrected chi connectivity index (χ1v) is 13.0. The Morgan fingerprint density at radius 2 is 1.71 bits per heavy atom. The highest BCUT2D eigenvalue weighted by Crippen LogP contribution is 2.28. The van der Waals surface area contributed by atoms with E-state index in [2.05, 4.69) is 9.88 Å². The third kappa shape index (κ3) is 5.83. The van der Waals surface area contributed by atoms with E-state index in [9.17, 15) is 13.6 Å². The number of likely N-dealkylation sites (N-methyl/N-ethyl adjacent to an activating group) is 1. The largest absolute Gasteiger partial charge is 0.348 e. The van der Waals surface area contributed by atoms with E-state index in [4.69, 9.17) is 10.1 Å². The lowest BCUT2D eigenvalue weighted by atomic mass is 9.97. The molecule has 7 nitrogen and oxygen atoms in total. The lowest BCUT2D eigenvalue weighted by molar-refractivity contribution is 0.0605. The van der Waals surface area contributed by atoms with Crippen LogP contribution in [0, 0.1) is 11.6 Å². The molecule has 1 aliphatic heterocycles. The number of imidazole rings is 1. The summed E-state index contributed by atoms with van der Waals surface area (Å²) in [4.78, 5) is 25.9. The van der Waals surface area contributed by atoms with Crippen LogP contribution in [0.15, 0.2) is 60.9 Å². The number of amides is 1. The fourth-order valence-corrected chi connectivity index (χ4v) is 4.91. The molecule has 1 amide bonds. The molecule has 1 saturated heterocycles. The van der Waals surface area contributed by atoms with Crippen LogP contribution in [0.25, 0.3) is 22.4 Å². The Bertz CT molecular complexity index is 1380. The third-order valence-corrected chi connectivity index (χ3v) is 6.98. The van der Waals surface area contributed by atoms with E-state index in [0.29, 0.717) is 30.8 Å². The highest BCUT2D eigenvalue weighted by molar-refractivity contribution is 5.99. The van der Waals surface area contributed by atoms with Crippen LogP contribution in [-0.2, 0) is 13.0 Å². The molecule has 0 spiro atoms. The van der Waals surface area contributed by atoms with Gasteiger partial charge in [-0.3, -0.25) is 9.48 Å². The van der Waals surface area contributed by atoms with E-state index in [1.165, 1.54) is 24.3 Å². The number of hydrogen-bond donors (Lipinski definition) is 1. The van der Waals surface area contributed by atoms with E-state index >= 15 is 0 Å². The van der Waals surface area contributed by atoms with Crippen molar-refractivity contribution >= 4 is 5.91 Å². The number of nitrogens with zero attached hydrogens (tertiary/aromatic N) is 5. The van der Waals surface area contributed by atoms with Crippen LogP contribution in [0.1, 0.15) is 35.6 Å². The van der Waals surface area contributed by atoms with Crippen LogP contribution in [0.5, 0.6) is 0 Å². The summed E-state index contributed by atoms with van der Waals surface area (Å²) >= 11 is 0. The zero-order valence-corrected chi connectivity index (χ0v) is 21.7. The molecule has 0 radical (unpaired) electrons. The second-order valence-corrected chi connectivity index (χ2v) is 10.1. The first kappa shape index (κ1) is 25.8. The second kappa shape index (κ2) is 11.3. The zero-order valence-electron chi connectivity index (χ0n) is 21.7. The summed E-state index contributed by atoms with van der Waals surface area (Å²) in [6.45, 7) is 2.05. The van der Waals surface area contributed by atoms with Crippen LogP contribution >= 0.6 is 0 Å². The fraction of sp³-hybridized carbons (Fsp3) is 0.345. The maximum absolute atomic E-state index is 14.0. The summed E-state index contributed by atoms with van der Waals surface area (Å²) in [6.07, 6.45) is 7.10. The van der Waals surface area contributed by atoms with Gasteiger partial charge in [-0.15, -0.1) is 0 Å². The van der Waals surface area contributed by atoms with Crippen molar-refractivity contribution in [2.75, 3.05) is 27.2 Å². The molecule has 38 heavy (non-hydrogen) atoms. The molecule has 0 saturated carbocycles. The first-order chi connectivity index (χ1) is 18.4. The number of piperidine rings is 1. The average molecular weight is 519 g/mol. The minimum Gasteiger partial charge on any atom is -0.348 e. The normalized spacial score (nSPS) is 15.8. The number of benzene rings is 2. The van der Waals surface area contributed by atoms with Crippen molar-refractivity contribution in [2.24, 2.45) is 0 Å². The maximum Gasteiger partial charge on any atom is 0.275 e. The number of carbonyl (C=O) groups is 1. The minimum absolute atomic E-state index is 0.0311. The van der Waals surface area contributed by atoms with Gasteiger partial charge < -0.3 is 14.8 Å². The van der Waals surface area contributed by atoms with Gasteiger partial charge in [-0.25, -0.2) is 13.8 Å². The van der Waals surface area contributed by atoms with Gasteiger partial charge in [0.15, 0.2) is 5.69 Å². The molecule has 5 rings (SSSR count). The van der Waals surface area contributed by atoms with Crippen molar-refractivity contribution in [2.45, 2.75) is 38.3 Å². The van der Waals surface area contributed by atoms with E-state index in [1.807, 2.05) is 31.4 Å². The van der Waals surface area contributed by atoms with E-state index < -0.39 is 0 Å². The molecule has 2 aromatic heterocycles. The third-order valence-electron chi connectivity index (χ3n) is 6.98. The van der Waals surface area contributed by atoms with Crippen LogP contribution < -0.4 is 0 Å². The number of rotatable bonds is 8. The first-order valence-electron chi connectivity index (χ1n) is 13.0. The smallest absolute Gasteiger partial charge is 0.275 e. The quantitative estimate of drug-likeness (QED) is 0.356. The van der Waals surface area contributed by atoms with Crippen molar-refractivity contribution in [3.63, 3.8) is 0 Å². The second-order valence-electron chi connectivity index (χ2n) is 10.1.